The summed E-state index contributed by atoms with van der Waals surface area (Å²) < 4.78 is 0. The Bertz CT molecular complexity index is 644. The van der Waals surface area contributed by atoms with Crippen molar-refractivity contribution in [1.82, 2.24) is 15.2 Å². The number of carbonyl (C=O) groups excluding carboxylic acids is 1. The molecular weight excluding hydrogens is 286 g/mol. The van der Waals surface area contributed by atoms with E-state index in [1.165, 1.54) is 10.9 Å². The van der Waals surface area contributed by atoms with Gasteiger partial charge >= 0.3 is 0 Å². The number of nitrogens with one attached hydrogen (secondary N) is 2. The molecule has 1 amide bonds. The van der Waals surface area contributed by atoms with E-state index < -0.39 is 0 Å². The van der Waals surface area contributed by atoms with Gasteiger partial charge < -0.3 is 10.3 Å². The van der Waals surface area contributed by atoms with Crippen molar-refractivity contribution in [3.05, 3.63) is 35.0 Å². The highest BCUT2D eigenvalue weighted by Gasteiger charge is 2.23. The topological polar surface area (TPSA) is 48.1 Å². The van der Waals surface area contributed by atoms with Crippen LogP contribution in [0.3, 0.4) is 0 Å². The minimum atomic E-state index is 0.0873. The maximum atomic E-state index is 11.4. The molecule has 3 rings (SSSR count). The zero-order valence-electron chi connectivity index (χ0n) is 12.2. The Morgan fingerprint density at radius 3 is 2.90 bits per heavy atom. The smallest absolute Gasteiger partial charge is 0.233 e. The summed E-state index contributed by atoms with van der Waals surface area (Å²) in [6.45, 7) is 2.41. The Labute approximate surface area is 129 Å². The van der Waals surface area contributed by atoms with E-state index in [1.807, 2.05) is 12.3 Å². The van der Waals surface area contributed by atoms with E-state index in [9.17, 15) is 4.79 Å². The molecule has 4 nitrogen and oxygen atoms in total. The lowest BCUT2D eigenvalue weighted by atomic mass is 9.87. The van der Waals surface area contributed by atoms with Gasteiger partial charge in [-0.05, 0) is 55.6 Å². The highest BCUT2D eigenvalue weighted by Crippen LogP contribution is 2.34. The molecule has 1 aliphatic rings. The normalized spacial score (nSPS) is 17.2. The van der Waals surface area contributed by atoms with E-state index in [2.05, 4.69) is 27.3 Å². The maximum absolute atomic E-state index is 11.4. The Balaban J connectivity index is 1.74. The second-order valence-electron chi connectivity index (χ2n) is 5.66. The van der Waals surface area contributed by atoms with Crippen molar-refractivity contribution < 1.29 is 4.79 Å². The van der Waals surface area contributed by atoms with Crippen LogP contribution in [0.25, 0.3) is 10.9 Å². The van der Waals surface area contributed by atoms with E-state index in [-0.39, 0.29) is 5.91 Å². The molecule has 1 aliphatic heterocycles. The van der Waals surface area contributed by atoms with E-state index in [4.69, 9.17) is 11.6 Å². The van der Waals surface area contributed by atoms with Crippen LogP contribution in [0.1, 0.15) is 24.3 Å². The van der Waals surface area contributed by atoms with Crippen LogP contribution in [0.4, 0.5) is 0 Å². The van der Waals surface area contributed by atoms with Gasteiger partial charge in [0.25, 0.3) is 0 Å². The van der Waals surface area contributed by atoms with Crippen molar-refractivity contribution in [2.24, 2.45) is 0 Å². The number of likely N-dealkylation sites (tertiary alicyclic amines) is 1. The number of benzene rings is 1. The van der Waals surface area contributed by atoms with Crippen LogP contribution in [0.15, 0.2) is 24.4 Å². The molecule has 1 aromatic heterocycles. The van der Waals surface area contributed by atoms with Gasteiger partial charge in [0.15, 0.2) is 0 Å². The molecule has 1 fully saturated rings. The molecule has 5 heteroatoms. The molecule has 2 N–H and O–H groups in total. The summed E-state index contributed by atoms with van der Waals surface area (Å²) in [5.41, 5.74) is 2.43. The summed E-state index contributed by atoms with van der Waals surface area (Å²) in [5, 5.41) is 4.73. The average Bonchev–Trinajstić information content (AvgIpc) is 2.95. The van der Waals surface area contributed by atoms with Gasteiger partial charge in [0.05, 0.1) is 6.54 Å². The van der Waals surface area contributed by atoms with Crippen molar-refractivity contribution in [3.8, 4) is 0 Å². The molecule has 0 saturated carbocycles. The standard InChI is InChI=1S/C16H20ClN3O/c1-18-16(21)10-20-6-3-11(4-7-20)14-8-12(17)9-15-13(14)2-5-19-15/h2,5,8-9,11,19H,3-4,6-7,10H2,1H3,(H,18,21). The lowest BCUT2D eigenvalue weighted by molar-refractivity contribution is -0.122. The average molecular weight is 306 g/mol. The molecular formula is C16H20ClN3O. The fraction of sp³-hybridized carbons (Fsp3) is 0.438. The van der Waals surface area contributed by atoms with Gasteiger partial charge in [0.1, 0.15) is 0 Å². The fourth-order valence-corrected chi connectivity index (χ4v) is 3.41. The summed E-state index contributed by atoms with van der Waals surface area (Å²) in [6, 6.07) is 6.19. The van der Waals surface area contributed by atoms with Crippen molar-refractivity contribution >= 4 is 28.4 Å². The van der Waals surface area contributed by atoms with Crippen LogP contribution >= 0.6 is 11.6 Å². The van der Waals surface area contributed by atoms with Crippen LogP contribution in [0.2, 0.25) is 5.02 Å². The number of amides is 1. The van der Waals surface area contributed by atoms with Crippen LogP contribution in [0.5, 0.6) is 0 Å². The first-order valence-electron chi connectivity index (χ1n) is 7.37. The molecule has 2 aromatic rings. The summed E-state index contributed by atoms with van der Waals surface area (Å²) >= 11 is 6.23. The van der Waals surface area contributed by atoms with E-state index in [0.29, 0.717) is 12.5 Å². The van der Waals surface area contributed by atoms with Crippen LogP contribution in [-0.2, 0) is 4.79 Å². The summed E-state index contributed by atoms with van der Waals surface area (Å²) in [4.78, 5) is 16.9. The monoisotopic (exact) mass is 305 g/mol. The predicted octanol–water partition coefficient (Wildman–Crippen LogP) is 2.75. The molecule has 0 aliphatic carbocycles. The molecule has 0 radical (unpaired) electrons. The number of H-pyrrole nitrogens is 1. The van der Waals surface area contributed by atoms with Crippen LogP contribution in [0, 0.1) is 0 Å². The van der Waals surface area contributed by atoms with Crippen molar-refractivity contribution in [2.45, 2.75) is 18.8 Å². The Kier molecular flexibility index (Phi) is 4.17. The number of halogens is 1. The first-order valence-corrected chi connectivity index (χ1v) is 7.74. The number of aromatic amines is 1. The molecule has 21 heavy (non-hydrogen) atoms. The molecule has 0 unspecified atom stereocenters. The van der Waals surface area contributed by atoms with Gasteiger partial charge in [-0.15, -0.1) is 0 Å². The number of carbonyl (C=O) groups is 1. The summed E-state index contributed by atoms with van der Waals surface area (Å²) in [5.74, 6) is 0.604. The van der Waals surface area contributed by atoms with Gasteiger partial charge in [-0.25, -0.2) is 0 Å². The second kappa shape index (κ2) is 6.08. The Hall–Kier alpha value is -1.52. The first kappa shape index (κ1) is 14.4. The number of piperidine rings is 1. The molecule has 112 valence electrons. The Morgan fingerprint density at radius 2 is 2.19 bits per heavy atom. The highest BCUT2D eigenvalue weighted by atomic mass is 35.5. The van der Waals surface area contributed by atoms with Gasteiger partial charge in [0.2, 0.25) is 5.91 Å². The Morgan fingerprint density at radius 1 is 1.43 bits per heavy atom. The van der Waals surface area contributed by atoms with E-state index in [0.717, 1.165) is 36.5 Å². The lowest BCUT2D eigenvalue weighted by Gasteiger charge is -2.32. The zero-order valence-corrected chi connectivity index (χ0v) is 12.9. The molecule has 1 aromatic carbocycles. The number of rotatable bonds is 3. The predicted molar refractivity (Wildman–Crippen MR) is 85.8 cm³/mol. The summed E-state index contributed by atoms with van der Waals surface area (Å²) in [7, 11) is 1.68. The third-order valence-electron chi connectivity index (χ3n) is 4.34. The molecule has 1 saturated heterocycles. The second-order valence-corrected chi connectivity index (χ2v) is 6.09. The van der Waals surface area contributed by atoms with E-state index in [1.54, 1.807) is 7.05 Å². The van der Waals surface area contributed by atoms with Crippen molar-refractivity contribution in [3.63, 3.8) is 0 Å². The summed E-state index contributed by atoms with van der Waals surface area (Å²) in [6.07, 6.45) is 4.10. The molecule has 0 spiro atoms. The quantitative estimate of drug-likeness (QED) is 0.916. The number of fused-ring (bicyclic) bond motifs is 1. The largest absolute Gasteiger partial charge is 0.361 e. The van der Waals surface area contributed by atoms with Crippen LogP contribution in [-0.4, -0.2) is 42.5 Å². The van der Waals surface area contributed by atoms with Crippen molar-refractivity contribution in [2.75, 3.05) is 26.7 Å². The number of aromatic nitrogens is 1. The minimum Gasteiger partial charge on any atom is -0.361 e. The fourth-order valence-electron chi connectivity index (χ4n) is 3.18. The third kappa shape index (κ3) is 3.06. The number of likely N-dealkylation sites (N-methyl/N-ethyl adjacent to an activating group) is 1. The number of nitrogens with zero attached hydrogens (tertiary/aromatic N) is 1. The lowest BCUT2D eigenvalue weighted by Crippen LogP contribution is -2.40. The molecule has 0 bridgehead atoms. The first-order chi connectivity index (χ1) is 10.2. The SMILES string of the molecule is CNC(=O)CN1CCC(c2cc(Cl)cc3[nH]ccc23)CC1. The van der Waals surface area contributed by atoms with Gasteiger partial charge in [-0.3, -0.25) is 9.69 Å². The zero-order chi connectivity index (χ0) is 14.8. The van der Waals surface area contributed by atoms with Gasteiger partial charge in [-0.1, -0.05) is 11.6 Å². The number of hydrogen-bond acceptors (Lipinski definition) is 2. The molecule has 0 atom stereocenters. The van der Waals surface area contributed by atoms with Gasteiger partial charge in [0, 0.05) is 29.2 Å². The van der Waals surface area contributed by atoms with E-state index >= 15 is 0 Å². The van der Waals surface area contributed by atoms with Crippen molar-refractivity contribution in [1.29, 1.82) is 0 Å². The van der Waals surface area contributed by atoms with Gasteiger partial charge in [-0.2, -0.15) is 0 Å². The maximum Gasteiger partial charge on any atom is 0.233 e. The third-order valence-corrected chi connectivity index (χ3v) is 4.56. The molecule has 2 heterocycles. The number of hydrogen-bond donors (Lipinski definition) is 2. The van der Waals surface area contributed by atoms with Crippen LogP contribution < -0.4 is 5.32 Å². The highest BCUT2D eigenvalue weighted by molar-refractivity contribution is 6.31. The minimum absolute atomic E-state index is 0.0873.